The van der Waals surface area contributed by atoms with Gasteiger partial charge in [-0.05, 0) is 29.8 Å². The average molecular weight is 345 g/mol. The lowest BCUT2D eigenvalue weighted by Crippen LogP contribution is -1.96. The van der Waals surface area contributed by atoms with E-state index in [0.717, 1.165) is 33.4 Å². The fraction of sp³-hybridized carbons (Fsp3) is 0.125. The Morgan fingerprint density at radius 3 is 2.71 bits per heavy atom. The van der Waals surface area contributed by atoms with Crippen LogP contribution in [0.15, 0.2) is 47.1 Å². The second-order valence-electron chi connectivity index (χ2n) is 4.66. The smallest absolute Gasteiger partial charge is 0.170 e. The van der Waals surface area contributed by atoms with Crippen LogP contribution in [-0.2, 0) is 6.42 Å². The van der Waals surface area contributed by atoms with Crippen LogP contribution in [0.4, 0.5) is 0 Å². The Bertz CT molecular complexity index is 794. The van der Waals surface area contributed by atoms with Gasteiger partial charge in [0.25, 0.3) is 0 Å². The number of imidazole rings is 1. The Morgan fingerprint density at radius 2 is 2.05 bits per heavy atom. The van der Waals surface area contributed by atoms with Crippen molar-refractivity contribution >= 4 is 27.7 Å². The summed E-state index contributed by atoms with van der Waals surface area (Å²) in [6.45, 7) is 0. The number of ether oxygens (including phenoxy) is 1. The van der Waals surface area contributed by atoms with Crippen molar-refractivity contribution in [2.24, 2.45) is 0 Å². The molecule has 2 heterocycles. The monoisotopic (exact) mass is 344 g/mol. The third-order valence-corrected chi connectivity index (χ3v) is 3.83. The molecule has 106 valence electrons. The Morgan fingerprint density at radius 1 is 1.29 bits per heavy atom. The number of halogens is 1. The molecule has 0 aliphatic heterocycles. The van der Waals surface area contributed by atoms with Gasteiger partial charge in [0.1, 0.15) is 17.3 Å². The summed E-state index contributed by atoms with van der Waals surface area (Å²) in [6.07, 6.45) is 3.36. The zero-order valence-corrected chi connectivity index (χ0v) is 13.0. The molecule has 3 rings (SSSR count). The molecule has 0 aliphatic rings. The summed E-state index contributed by atoms with van der Waals surface area (Å²) in [7, 11) is 1.64. The van der Waals surface area contributed by atoms with Crippen LogP contribution in [0.1, 0.15) is 21.9 Å². The topological polar surface area (TPSA) is 43.6 Å². The van der Waals surface area contributed by atoms with Crippen molar-refractivity contribution in [3.05, 3.63) is 64.1 Å². The molecule has 0 aliphatic carbocycles. The number of carbonyl (C=O) groups is 1. The molecule has 0 saturated heterocycles. The fourth-order valence-electron chi connectivity index (χ4n) is 2.28. The van der Waals surface area contributed by atoms with Gasteiger partial charge >= 0.3 is 0 Å². The molecular formula is C16H13BrN2O2. The Hall–Kier alpha value is -2.14. The zero-order valence-electron chi connectivity index (χ0n) is 11.4. The van der Waals surface area contributed by atoms with Gasteiger partial charge in [0, 0.05) is 17.1 Å². The number of carbonyl (C=O) groups excluding carboxylic acids is 1. The second kappa shape index (κ2) is 5.69. The number of nitrogens with zero attached hydrogens (tertiary/aromatic N) is 2. The van der Waals surface area contributed by atoms with E-state index in [0.29, 0.717) is 12.1 Å². The molecule has 0 atom stereocenters. The standard InChI is InChI=1S/C16H13BrN2O2/c1-21-13-4-2-11(3-5-13)8-16-18-14(10-20)15-9-12(17)6-7-19(15)16/h2-7,9-10H,8H2,1H3. The molecule has 21 heavy (non-hydrogen) atoms. The Labute approximate surface area is 130 Å². The fourth-order valence-corrected chi connectivity index (χ4v) is 2.62. The van der Waals surface area contributed by atoms with E-state index in [-0.39, 0.29) is 0 Å². The number of rotatable bonds is 4. The van der Waals surface area contributed by atoms with E-state index in [9.17, 15) is 4.79 Å². The van der Waals surface area contributed by atoms with Crippen molar-refractivity contribution in [1.29, 1.82) is 0 Å². The molecule has 0 saturated carbocycles. The lowest BCUT2D eigenvalue weighted by Gasteiger charge is -2.04. The van der Waals surface area contributed by atoms with Crippen molar-refractivity contribution in [3.63, 3.8) is 0 Å². The first-order valence-corrected chi connectivity index (χ1v) is 7.25. The third kappa shape index (κ3) is 2.69. The number of hydrogen-bond donors (Lipinski definition) is 0. The average Bonchev–Trinajstić information content (AvgIpc) is 2.85. The van der Waals surface area contributed by atoms with E-state index >= 15 is 0 Å². The first kappa shape index (κ1) is 13.8. The van der Waals surface area contributed by atoms with Gasteiger partial charge in [-0.15, -0.1) is 0 Å². The number of aldehydes is 1. The molecule has 0 fully saturated rings. The van der Waals surface area contributed by atoms with Crippen LogP contribution in [-0.4, -0.2) is 22.8 Å². The summed E-state index contributed by atoms with van der Waals surface area (Å²) < 4.78 is 8.02. The van der Waals surface area contributed by atoms with Crippen molar-refractivity contribution in [2.75, 3.05) is 7.11 Å². The molecule has 2 aromatic heterocycles. The van der Waals surface area contributed by atoms with E-state index in [1.165, 1.54) is 0 Å². The summed E-state index contributed by atoms with van der Waals surface area (Å²) in [4.78, 5) is 15.6. The lowest BCUT2D eigenvalue weighted by molar-refractivity contribution is 0.112. The van der Waals surface area contributed by atoms with Crippen LogP contribution in [0.5, 0.6) is 5.75 Å². The molecule has 0 radical (unpaired) electrons. The summed E-state index contributed by atoms with van der Waals surface area (Å²) >= 11 is 3.42. The molecule has 0 bridgehead atoms. The molecule has 4 nitrogen and oxygen atoms in total. The Balaban J connectivity index is 2.01. The minimum absolute atomic E-state index is 0.458. The number of fused-ring (bicyclic) bond motifs is 1. The van der Waals surface area contributed by atoms with Gasteiger partial charge in [-0.1, -0.05) is 28.1 Å². The summed E-state index contributed by atoms with van der Waals surface area (Å²) in [5.41, 5.74) is 2.38. The van der Waals surface area contributed by atoms with Crippen LogP contribution in [0.2, 0.25) is 0 Å². The highest BCUT2D eigenvalue weighted by Gasteiger charge is 2.11. The quantitative estimate of drug-likeness (QED) is 0.680. The van der Waals surface area contributed by atoms with Crippen molar-refractivity contribution in [2.45, 2.75) is 6.42 Å². The van der Waals surface area contributed by atoms with E-state index in [2.05, 4.69) is 20.9 Å². The molecule has 0 spiro atoms. The highest BCUT2D eigenvalue weighted by molar-refractivity contribution is 9.10. The normalized spacial score (nSPS) is 10.8. The van der Waals surface area contributed by atoms with Gasteiger partial charge < -0.3 is 9.14 Å². The number of benzene rings is 1. The van der Waals surface area contributed by atoms with E-state index in [4.69, 9.17) is 4.74 Å². The Kier molecular flexibility index (Phi) is 3.75. The van der Waals surface area contributed by atoms with Gasteiger partial charge in [-0.25, -0.2) is 4.98 Å². The first-order chi connectivity index (χ1) is 10.2. The van der Waals surface area contributed by atoms with Crippen LogP contribution in [0, 0.1) is 0 Å². The highest BCUT2D eigenvalue weighted by atomic mass is 79.9. The van der Waals surface area contributed by atoms with Crippen LogP contribution >= 0.6 is 15.9 Å². The first-order valence-electron chi connectivity index (χ1n) is 6.46. The minimum atomic E-state index is 0.458. The molecule has 3 aromatic rings. The maximum atomic E-state index is 11.2. The predicted octanol–water partition coefficient (Wildman–Crippen LogP) is 3.51. The number of aromatic nitrogens is 2. The maximum Gasteiger partial charge on any atom is 0.170 e. The van der Waals surface area contributed by atoms with Crippen molar-refractivity contribution < 1.29 is 9.53 Å². The van der Waals surface area contributed by atoms with Gasteiger partial charge in [-0.2, -0.15) is 0 Å². The summed E-state index contributed by atoms with van der Waals surface area (Å²) in [5, 5.41) is 0. The predicted molar refractivity (Wildman–Crippen MR) is 84.1 cm³/mol. The van der Waals surface area contributed by atoms with E-state index in [1.54, 1.807) is 7.11 Å². The molecular weight excluding hydrogens is 332 g/mol. The van der Waals surface area contributed by atoms with Gasteiger partial charge in [0.15, 0.2) is 6.29 Å². The largest absolute Gasteiger partial charge is 0.497 e. The van der Waals surface area contributed by atoms with Crippen LogP contribution < -0.4 is 4.74 Å². The zero-order chi connectivity index (χ0) is 14.8. The number of hydrogen-bond acceptors (Lipinski definition) is 3. The number of methoxy groups -OCH3 is 1. The SMILES string of the molecule is COc1ccc(Cc2nc(C=O)c3cc(Br)ccn23)cc1. The second-order valence-corrected chi connectivity index (χ2v) is 5.57. The van der Waals surface area contributed by atoms with E-state index < -0.39 is 0 Å². The maximum absolute atomic E-state index is 11.2. The lowest BCUT2D eigenvalue weighted by atomic mass is 10.1. The molecule has 0 amide bonds. The number of pyridine rings is 1. The third-order valence-electron chi connectivity index (χ3n) is 3.34. The molecule has 0 N–H and O–H groups in total. The molecule has 5 heteroatoms. The van der Waals surface area contributed by atoms with Gasteiger partial charge in [0.05, 0.1) is 12.6 Å². The van der Waals surface area contributed by atoms with Crippen molar-refractivity contribution in [3.8, 4) is 5.75 Å². The summed E-state index contributed by atoms with van der Waals surface area (Å²) in [6, 6.07) is 11.7. The molecule has 0 unspecified atom stereocenters. The van der Waals surface area contributed by atoms with Crippen LogP contribution in [0.3, 0.4) is 0 Å². The highest BCUT2D eigenvalue weighted by Crippen LogP contribution is 2.20. The van der Waals surface area contributed by atoms with Crippen molar-refractivity contribution in [1.82, 2.24) is 9.38 Å². The van der Waals surface area contributed by atoms with E-state index in [1.807, 2.05) is 47.0 Å². The van der Waals surface area contributed by atoms with Gasteiger partial charge in [-0.3, -0.25) is 4.79 Å². The van der Waals surface area contributed by atoms with Crippen LogP contribution in [0.25, 0.3) is 5.52 Å². The minimum Gasteiger partial charge on any atom is -0.497 e. The van der Waals surface area contributed by atoms with Gasteiger partial charge in [0.2, 0.25) is 0 Å². The molecule has 1 aromatic carbocycles. The summed E-state index contributed by atoms with van der Waals surface area (Å²) in [5.74, 6) is 1.66.